The largest absolute Gasteiger partial charge is 0.467 e. The summed E-state index contributed by atoms with van der Waals surface area (Å²) in [6, 6.07) is 19.4. The summed E-state index contributed by atoms with van der Waals surface area (Å²) in [6.07, 6.45) is 1.61. The van der Waals surface area contributed by atoms with Gasteiger partial charge >= 0.3 is 0 Å². The second kappa shape index (κ2) is 6.52. The molecular weight excluding hydrogens is 326 g/mol. The fourth-order valence-corrected chi connectivity index (χ4v) is 3.17. The van der Waals surface area contributed by atoms with Gasteiger partial charge in [0.05, 0.1) is 23.8 Å². The Kier molecular flexibility index (Phi) is 4.05. The summed E-state index contributed by atoms with van der Waals surface area (Å²) < 4.78 is 7.41. The van der Waals surface area contributed by atoms with Crippen LogP contribution >= 0.6 is 0 Å². The minimum absolute atomic E-state index is 0.0600. The van der Waals surface area contributed by atoms with E-state index in [2.05, 4.69) is 9.55 Å². The summed E-state index contributed by atoms with van der Waals surface area (Å²) in [5.41, 5.74) is 3.47. The molecule has 0 saturated carbocycles. The monoisotopic (exact) mass is 345 g/mol. The highest BCUT2D eigenvalue weighted by atomic mass is 16.3. The molecule has 2 heterocycles. The van der Waals surface area contributed by atoms with Crippen molar-refractivity contribution in [3.05, 3.63) is 84.1 Å². The summed E-state index contributed by atoms with van der Waals surface area (Å²) in [6.45, 7) is 2.40. The zero-order chi connectivity index (χ0) is 18.1. The van der Waals surface area contributed by atoms with E-state index in [1.807, 2.05) is 67.6 Å². The number of nitrogens with zero attached hydrogens (tertiary/aromatic N) is 3. The molecule has 0 bridgehead atoms. The zero-order valence-corrected chi connectivity index (χ0v) is 14.7. The van der Waals surface area contributed by atoms with Gasteiger partial charge < -0.3 is 9.32 Å². The second-order valence-electron chi connectivity index (χ2n) is 6.27. The molecule has 0 N–H and O–H groups in total. The number of rotatable bonds is 4. The number of carbonyl (C=O) groups excluding carboxylic acids is 1. The average Bonchev–Trinajstić information content (AvgIpc) is 3.27. The molecule has 0 radical (unpaired) electrons. The van der Waals surface area contributed by atoms with Crippen molar-refractivity contribution in [3.8, 4) is 5.69 Å². The Morgan fingerprint density at radius 3 is 2.65 bits per heavy atom. The van der Waals surface area contributed by atoms with Crippen LogP contribution in [0.3, 0.4) is 0 Å². The molecule has 130 valence electrons. The van der Waals surface area contributed by atoms with E-state index in [9.17, 15) is 4.79 Å². The molecule has 0 unspecified atom stereocenters. The van der Waals surface area contributed by atoms with Crippen molar-refractivity contribution >= 4 is 16.9 Å². The van der Waals surface area contributed by atoms with Crippen molar-refractivity contribution in [2.45, 2.75) is 13.5 Å². The van der Waals surface area contributed by atoms with E-state index < -0.39 is 0 Å². The lowest BCUT2D eigenvalue weighted by molar-refractivity contribution is 0.0775. The van der Waals surface area contributed by atoms with E-state index >= 15 is 0 Å². The van der Waals surface area contributed by atoms with Crippen molar-refractivity contribution < 1.29 is 9.21 Å². The molecule has 26 heavy (non-hydrogen) atoms. The molecule has 4 rings (SSSR count). The van der Waals surface area contributed by atoms with Crippen LogP contribution in [-0.4, -0.2) is 27.4 Å². The third kappa shape index (κ3) is 2.88. The standard InChI is InChI=1S/C21H19N3O2/c1-15-22-19-13-16(21(25)23(2)14-18-9-6-12-26-18)10-11-20(19)24(15)17-7-4-3-5-8-17/h3-13H,14H2,1-2H3. The summed E-state index contributed by atoms with van der Waals surface area (Å²) in [7, 11) is 1.77. The van der Waals surface area contributed by atoms with Gasteiger partial charge in [-0.1, -0.05) is 18.2 Å². The zero-order valence-electron chi connectivity index (χ0n) is 14.7. The lowest BCUT2D eigenvalue weighted by Crippen LogP contribution is -2.25. The molecule has 0 spiro atoms. The predicted octanol–water partition coefficient (Wildman–Crippen LogP) is 4.20. The normalized spacial score (nSPS) is 11.0. The number of hydrogen-bond acceptors (Lipinski definition) is 3. The van der Waals surface area contributed by atoms with E-state index in [4.69, 9.17) is 4.42 Å². The maximum absolute atomic E-state index is 12.7. The Labute approximate surface area is 151 Å². The molecular formula is C21H19N3O2. The highest BCUT2D eigenvalue weighted by molar-refractivity contribution is 5.97. The van der Waals surface area contributed by atoms with Gasteiger partial charge in [0.1, 0.15) is 11.6 Å². The number of furan rings is 1. The van der Waals surface area contributed by atoms with Crippen molar-refractivity contribution in [1.29, 1.82) is 0 Å². The average molecular weight is 345 g/mol. The van der Waals surface area contributed by atoms with Crippen molar-refractivity contribution in [2.75, 3.05) is 7.05 Å². The Balaban J connectivity index is 1.67. The van der Waals surface area contributed by atoms with Crippen LogP contribution in [-0.2, 0) is 6.54 Å². The Morgan fingerprint density at radius 2 is 1.92 bits per heavy atom. The summed E-state index contributed by atoms with van der Waals surface area (Å²) in [5.74, 6) is 1.58. The highest BCUT2D eigenvalue weighted by Crippen LogP contribution is 2.23. The maximum atomic E-state index is 12.7. The van der Waals surface area contributed by atoms with Gasteiger partial charge in [-0.05, 0) is 49.4 Å². The second-order valence-corrected chi connectivity index (χ2v) is 6.27. The van der Waals surface area contributed by atoms with E-state index in [1.54, 1.807) is 18.2 Å². The number of benzene rings is 2. The fraction of sp³-hybridized carbons (Fsp3) is 0.143. The summed E-state index contributed by atoms with van der Waals surface area (Å²) in [4.78, 5) is 19.0. The van der Waals surface area contributed by atoms with Crippen LogP contribution in [0.4, 0.5) is 0 Å². The molecule has 0 aliphatic heterocycles. The minimum atomic E-state index is -0.0600. The molecule has 0 aliphatic rings. The number of hydrogen-bond donors (Lipinski definition) is 0. The van der Waals surface area contributed by atoms with E-state index in [1.165, 1.54) is 0 Å². The first-order valence-electron chi connectivity index (χ1n) is 8.46. The number of aryl methyl sites for hydroxylation is 1. The van der Waals surface area contributed by atoms with Crippen LogP contribution in [0.25, 0.3) is 16.7 Å². The molecule has 2 aromatic heterocycles. The molecule has 5 heteroatoms. The molecule has 1 amide bonds. The fourth-order valence-electron chi connectivity index (χ4n) is 3.17. The first-order chi connectivity index (χ1) is 12.6. The number of aromatic nitrogens is 2. The molecule has 0 aliphatic carbocycles. The third-order valence-electron chi connectivity index (χ3n) is 4.40. The lowest BCUT2D eigenvalue weighted by atomic mass is 10.1. The van der Waals surface area contributed by atoms with Gasteiger partial charge in [-0.2, -0.15) is 0 Å². The molecule has 0 fully saturated rings. The molecule has 0 atom stereocenters. The van der Waals surface area contributed by atoms with Gasteiger partial charge in [0.15, 0.2) is 0 Å². The molecule has 0 saturated heterocycles. The number of para-hydroxylation sites is 1. The van der Waals surface area contributed by atoms with Gasteiger partial charge in [-0.15, -0.1) is 0 Å². The minimum Gasteiger partial charge on any atom is -0.467 e. The van der Waals surface area contributed by atoms with Gasteiger partial charge in [0, 0.05) is 18.3 Å². The van der Waals surface area contributed by atoms with E-state index in [-0.39, 0.29) is 5.91 Å². The van der Waals surface area contributed by atoms with Crippen molar-refractivity contribution in [2.24, 2.45) is 0 Å². The first kappa shape index (κ1) is 16.1. The number of carbonyl (C=O) groups is 1. The highest BCUT2D eigenvalue weighted by Gasteiger charge is 2.16. The SMILES string of the molecule is Cc1nc2cc(C(=O)N(C)Cc3ccco3)ccc2n1-c1ccccc1. The van der Waals surface area contributed by atoms with Crippen LogP contribution in [0.1, 0.15) is 21.9 Å². The predicted molar refractivity (Wildman–Crippen MR) is 100 cm³/mol. The smallest absolute Gasteiger partial charge is 0.254 e. The van der Waals surface area contributed by atoms with Crippen LogP contribution in [0.15, 0.2) is 71.3 Å². The van der Waals surface area contributed by atoms with Crippen LogP contribution in [0, 0.1) is 6.92 Å². The van der Waals surface area contributed by atoms with Gasteiger partial charge in [-0.3, -0.25) is 9.36 Å². The number of fused-ring (bicyclic) bond motifs is 1. The number of imidazole rings is 1. The quantitative estimate of drug-likeness (QED) is 0.557. The molecule has 4 aromatic rings. The van der Waals surface area contributed by atoms with E-state index in [0.29, 0.717) is 12.1 Å². The summed E-state index contributed by atoms with van der Waals surface area (Å²) in [5, 5.41) is 0. The molecule has 2 aromatic carbocycles. The van der Waals surface area contributed by atoms with E-state index in [0.717, 1.165) is 28.3 Å². The Morgan fingerprint density at radius 1 is 1.12 bits per heavy atom. The molecule has 5 nitrogen and oxygen atoms in total. The first-order valence-corrected chi connectivity index (χ1v) is 8.46. The van der Waals surface area contributed by atoms with Gasteiger partial charge in [-0.25, -0.2) is 4.98 Å². The van der Waals surface area contributed by atoms with Crippen LogP contribution < -0.4 is 0 Å². The van der Waals surface area contributed by atoms with Gasteiger partial charge in [0.25, 0.3) is 5.91 Å². The Bertz CT molecular complexity index is 1050. The lowest BCUT2D eigenvalue weighted by Gasteiger charge is -2.15. The maximum Gasteiger partial charge on any atom is 0.254 e. The van der Waals surface area contributed by atoms with Gasteiger partial charge in [0.2, 0.25) is 0 Å². The van der Waals surface area contributed by atoms with Crippen LogP contribution in [0.2, 0.25) is 0 Å². The van der Waals surface area contributed by atoms with Crippen molar-refractivity contribution in [1.82, 2.24) is 14.5 Å². The third-order valence-corrected chi connectivity index (χ3v) is 4.40. The Hall–Kier alpha value is -3.34. The summed E-state index contributed by atoms with van der Waals surface area (Å²) >= 11 is 0. The topological polar surface area (TPSA) is 51.3 Å². The number of amides is 1. The van der Waals surface area contributed by atoms with Crippen molar-refractivity contribution in [3.63, 3.8) is 0 Å². The van der Waals surface area contributed by atoms with Crippen LogP contribution in [0.5, 0.6) is 0 Å².